The van der Waals surface area contributed by atoms with E-state index in [1.165, 1.54) is 49.4 Å². The van der Waals surface area contributed by atoms with E-state index in [4.69, 9.17) is 4.42 Å². The average molecular weight is 358 g/mol. The van der Waals surface area contributed by atoms with E-state index in [9.17, 15) is 0 Å². The average Bonchev–Trinajstić information content (AvgIpc) is 3.41. The van der Waals surface area contributed by atoms with Gasteiger partial charge in [-0.05, 0) is 55.9 Å². The Labute approximate surface area is 163 Å². The van der Waals surface area contributed by atoms with Crippen molar-refractivity contribution >= 4 is 32.7 Å². The zero-order chi connectivity index (χ0) is 18.5. The second-order valence-electron chi connectivity index (χ2n) is 7.36. The highest BCUT2D eigenvalue weighted by molar-refractivity contribution is 6.17. The summed E-state index contributed by atoms with van der Waals surface area (Å²) in [5.74, 6) is 0.962. The molecule has 0 bridgehead atoms. The summed E-state index contributed by atoms with van der Waals surface area (Å²) in [4.78, 5) is 0. The van der Waals surface area contributed by atoms with Crippen LogP contribution >= 0.6 is 0 Å². The highest BCUT2D eigenvalue weighted by atomic mass is 16.3. The van der Waals surface area contributed by atoms with Crippen LogP contribution in [0.1, 0.15) is 22.5 Å². The molecule has 0 saturated carbocycles. The van der Waals surface area contributed by atoms with E-state index in [0.717, 1.165) is 12.2 Å². The summed E-state index contributed by atoms with van der Waals surface area (Å²) in [6.07, 6.45) is 2.67. The van der Waals surface area contributed by atoms with Crippen molar-refractivity contribution in [3.05, 3.63) is 120 Å². The SMILES string of the molecule is c1coc(C2=C(c3cccc4ccc5ccccc5c34)c3ccccc3C2)c1. The second kappa shape index (κ2) is 5.97. The summed E-state index contributed by atoms with van der Waals surface area (Å²) in [5.41, 5.74) is 6.53. The van der Waals surface area contributed by atoms with Crippen molar-refractivity contribution in [3.8, 4) is 0 Å². The van der Waals surface area contributed by atoms with Crippen LogP contribution in [0, 0.1) is 0 Å². The third kappa shape index (κ3) is 2.20. The monoisotopic (exact) mass is 358 g/mol. The van der Waals surface area contributed by atoms with Crippen LogP contribution in [0.3, 0.4) is 0 Å². The fraction of sp³-hybridized carbons (Fsp3) is 0.0370. The van der Waals surface area contributed by atoms with Crippen molar-refractivity contribution in [2.45, 2.75) is 6.42 Å². The largest absolute Gasteiger partial charge is 0.465 e. The Kier molecular flexibility index (Phi) is 3.30. The Morgan fingerprint density at radius 3 is 2.32 bits per heavy atom. The van der Waals surface area contributed by atoms with Gasteiger partial charge in [0, 0.05) is 12.0 Å². The molecule has 1 nitrogen and oxygen atoms in total. The van der Waals surface area contributed by atoms with E-state index in [0.29, 0.717) is 0 Å². The van der Waals surface area contributed by atoms with Crippen molar-refractivity contribution in [1.29, 1.82) is 0 Å². The van der Waals surface area contributed by atoms with Gasteiger partial charge in [-0.3, -0.25) is 0 Å². The quantitative estimate of drug-likeness (QED) is 0.307. The molecule has 0 saturated heterocycles. The van der Waals surface area contributed by atoms with E-state index in [1.807, 2.05) is 6.07 Å². The molecule has 132 valence electrons. The summed E-state index contributed by atoms with van der Waals surface area (Å²) in [5, 5.41) is 5.16. The minimum absolute atomic E-state index is 0.903. The van der Waals surface area contributed by atoms with Gasteiger partial charge >= 0.3 is 0 Å². The first-order valence-electron chi connectivity index (χ1n) is 9.66. The Morgan fingerprint density at radius 1 is 0.607 bits per heavy atom. The molecule has 0 aliphatic heterocycles. The smallest absolute Gasteiger partial charge is 0.130 e. The third-order valence-corrected chi connectivity index (χ3v) is 5.81. The molecular weight excluding hydrogens is 340 g/mol. The van der Waals surface area contributed by atoms with Crippen LogP contribution < -0.4 is 0 Å². The number of furan rings is 1. The van der Waals surface area contributed by atoms with Crippen LogP contribution in [-0.2, 0) is 6.42 Å². The van der Waals surface area contributed by atoms with Crippen LogP contribution in [0.25, 0.3) is 32.7 Å². The minimum atomic E-state index is 0.903. The normalized spacial score (nSPS) is 13.4. The predicted octanol–water partition coefficient (Wildman–Crippen LogP) is 7.10. The highest BCUT2D eigenvalue weighted by Gasteiger charge is 2.26. The molecule has 5 aromatic rings. The number of hydrogen-bond donors (Lipinski definition) is 0. The molecule has 6 rings (SSSR count). The molecule has 1 aliphatic rings. The molecule has 0 atom stereocenters. The lowest BCUT2D eigenvalue weighted by molar-refractivity contribution is 0.552. The van der Waals surface area contributed by atoms with E-state index >= 15 is 0 Å². The minimum Gasteiger partial charge on any atom is -0.465 e. The van der Waals surface area contributed by atoms with Gasteiger partial charge < -0.3 is 4.42 Å². The first-order valence-corrected chi connectivity index (χ1v) is 9.66. The van der Waals surface area contributed by atoms with Crippen molar-refractivity contribution in [3.63, 3.8) is 0 Å². The summed E-state index contributed by atoms with van der Waals surface area (Å²) < 4.78 is 5.84. The van der Waals surface area contributed by atoms with Crippen LogP contribution in [0.4, 0.5) is 0 Å². The lowest BCUT2D eigenvalue weighted by Gasteiger charge is -2.14. The molecule has 1 heteroatoms. The van der Waals surface area contributed by atoms with Gasteiger partial charge in [-0.15, -0.1) is 0 Å². The number of fused-ring (bicyclic) bond motifs is 4. The molecule has 1 heterocycles. The Morgan fingerprint density at radius 2 is 1.39 bits per heavy atom. The Hall–Kier alpha value is -3.58. The molecule has 0 amide bonds. The fourth-order valence-electron chi connectivity index (χ4n) is 4.60. The van der Waals surface area contributed by atoms with Crippen LogP contribution in [0.5, 0.6) is 0 Å². The fourth-order valence-corrected chi connectivity index (χ4v) is 4.60. The molecular formula is C27H18O. The van der Waals surface area contributed by atoms with Gasteiger partial charge in [0.15, 0.2) is 0 Å². The van der Waals surface area contributed by atoms with E-state index in [1.54, 1.807) is 6.26 Å². The number of hydrogen-bond acceptors (Lipinski definition) is 1. The molecule has 0 spiro atoms. The molecule has 1 aromatic heterocycles. The second-order valence-corrected chi connectivity index (χ2v) is 7.36. The van der Waals surface area contributed by atoms with Crippen molar-refractivity contribution in [2.24, 2.45) is 0 Å². The van der Waals surface area contributed by atoms with Crippen molar-refractivity contribution in [1.82, 2.24) is 0 Å². The zero-order valence-electron chi connectivity index (χ0n) is 15.4. The summed E-state index contributed by atoms with van der Waals surface area (Å²) in [6, 6.07) is 32.5. The lowest BCUT2D eigenvalue weighted by atomic mass is 9.90. The van der Waals surface area contributed by atoms with Gasteiger partial charge in [-0.25, -0.2) is 0 Å². The van der Waals surface area contributed by atoms with Crippen LogP contribution in [0.2, 0.25) is 0 Å². The van der Waals surface area contributed by atoms with Gasteiger partial charge in [0.1, 0.15) is 5.76 Å². The molecule has 0 N–H and O–H groups in total. The standard InChI is InChI=1S/C27H18O/c1-3-10-21-18(7-1)14-15-19-9-5-12-23(26(19)21)27-22-11-4-2-8-20(22)17-24(27)25-13-6-16-28-25/h1-16H,17H2. The molecule has 0 unspecified atom stereocenters. The molecule has 0 fully saturated rings. The van der Waals surface area contributed by atoms with Gasteiger partial charge in [0.25, 0.3) is 0 Å². The lowest BCUT2D eigenvalue weighted by Crippen LogP contribution is -1.91. The molecule has 28 heavy (non-hydrogen) atoms. The molecule has 4 aromatic carbocycles. The van der Waals surface area contributed by atoms with Gasteiger partial charge in [-0.2, -0.15) is 0 Å². The molecule has 0 radical (unpaired) electrons. The van der Waals surface area contributed by atoms with Gasteiger partial charge in [0.2, 0.25) is 0 Å². The first-order chi connectivity index (χ1) is 13.9. The maximum Gasteiger partial charge on any atom is 0.130 e. The van der Waals surface area contributed by atoms with Gasteiger partial charge in [-0.1, -0.05) is 78.9 Å². The van der Waals surface area contributed by atoms with Crippen molar-refractivity contribution in [2.75, 3.05) is 0 Å². The van der Waals surface area contributed by atoms with E-state index in [2.05, 4.69) is 84.9 Å². The maximum absolute atomic E-state index is 5.84. The number of benzene rings is 4. The topological polar surface area (TPSA) is 13.1 Å². The zero-order valence-corrected chi connectivity index (χ0v) is 15.4. The van der Waals surface area contributed by atoms with Crippen LogP contribution in [0.15, 0.2) is 102 Å². The number of rotatable bonds is 2. The maximum atomic E-state index is 5.84. The summed E-state index contributed by atoms with van der Waals surface area (Å²) in [7, 11) is 0. The van der Waals surface area contributed by atoms with E-state index in [-0.39, 0.29) is 0 Å². The Balaban J connectivity index is 1.76. The highest BCUT2D eigenvalue weighted by Crippen LogP contribution is 2.45. The number of allylic oxidation sites excluding steroid dienone is 1. The van der Waals surface area contributed by atoms with E-state index < -0.39 is 0 Å². The summed E-state index contributed by atoms with van der Waals surface area (Å²) >= 11 is 0. The van der Waals surface area contributed by atoms with Crippen molar-refractivity contribution < 1.29 is 4.42 Å². The Bertz CT molecular complexity index is 1370. The molecule has 1 aliphatic carbocycles. The predicted molar refractivity (Wildman–Crippen MR) is 116 cm³/mol. The van der Waals surface area contributed by atoms with Gasteiger partial charge in [0.05, 0.1) is 6.26 Å². The first kappa shape index (κ1) is 15.5. The summed E-state index contributed by atoms with van der Waals surface area (Å²) in [6.45, 7) is 0. The van der Waals surface area contributed by atoms with Crippen LogP contribution in [-0.4, -0.2) is 0 Å². The third-order valence-electron chi connectivity index (χ3n) is 5.81.